The molecule has 0 N–H and O–H groups in total. The second-order valence-electron chi connectivity index (χ2n) is 7.62. The summed E-state index contributed by atoms with van der Waals surface area (Å²) in [5.74, 6) is 0.936. The maximum absolute atomic E-state index is 5.85. The third kappa shape index (κ3) is 5.46. The largest absolute Gasteiger partial charge is 0.489 e. The Labute approximate surface area is 168 Å². The van der Waals surface area contributed by atoms with Crippen molar-refractivity contribution in [1.82, 2.24) is 14.8 Å². The van der Waals surface area contributed by atoms with E-state index < -0.39 is 0 Å². The number of ether oxygens (including phenoxy) is 1. The summed E-state index contributed by atoms with van der Waals surface area (Å²) in [4.78, 5) is 8.99. The van der Waals surface area contributed by atoms with E-state index in [1.807, 2.05) is 18.3 Å². The maximum atomic E-state index is 5.85. The highest BCUT2D eigenvalue weighted by Crippen LogP contribution is 2.15. The van der Waals surface area contributed by atoms with Crippen LogP contribution >= 0.6 is 0 Å². The van der Waals surface area contributed by atoms with Gasteiger partial charge >= 0.3 is 0 Å². The Bertz CT molecular complexity index is 792. The summed E-state index contributed by atoms with van der Waals surface area (Å²) in [6.07, 6.45) is 13.7. The Kier molecular flexibility index (Phi) is 6.40. The normalized spacial score (nSPS) is 17.0. The van der Waals surface area contributed by atoms with Crippen LogP contribution in [0, 0.1) is 0 Å². The van der Waals surface area contributed by atoms with E-state index in [1.165, 1.54) is 37.1 Å². The van der Waals surface area contributed by atoms with Crippen LogP contribution in [0.3, 0.4) is 0 Å². The third-order valence-corrected chi connectivity index (χ3v) is 5.42. The molecule has 1 saturated heterocycles. The number of rotatable bonds is 8. The van der Waals surface area contributed by atoms with Crippen molar-refractivity contribution in [2.75, 3.05) is 26.2 Å². The minimum absolute atomic E-state index is 0.563. The summed E-state index contributed by atoms with van der Waals surface area (Å²) in [6, 6.07) is 13.1. The molecule has 146 valence electrons. The van der Waals surface area contributed by atoms with Gasteiger partial charge in [0.1, 0.15) is 12.4 Å². The number of hydrogen-bond acceptors (Lipinski definition) is 4. The topological polar surface area (TPSA) is 28.6 Å². The molecule has 1 fully saturated rings. The van der Waals surface area contributed by atoms with Gasteiger partial charge in [0, 0.05) is 43.8 Å². The van der Waals surface area contributed by atoms with Gasteiger partial charge in [-0.2, -0.15) is 0 Å². The van der Waals surface area contributed by atoms with Crippen LogP contribution in [0.15, 0.2) is 72.9 Å². The zero-order chi connectivity index (χ0) is 19.0. The first-order chi connectivity index (χ1) is 13.8. The molecule has 0 aliphatic carbocycles. The van der Waals surface area contributed by atoms with Crippen LogP contribution in [-0.4, -0.2) is 41.0 Å². The molecule has 4 heteroatoms. The molecule has 0 spiro atoms. The van der Waals surface area contributed by atoms with Crippen molar-refractivity contribution in [3.8, 4) is 0 Å². The van der Waals surface area contributed by atoms with Gasteiger partial charge in [-0.25, -0.2) is 0 Å². The quantitative estimate of drug-likeness (QED) is 0.693. The number of benzene rings is 1. The average molecular weight is 376 g/mol. The summed E-state index contributed by atoms with van der Waals surface area (Å²) in [5, 5.41) is 0. The average Bonchev–Trinajstić information content (AvgIpc) is 3.26. The molecule has 28 heavy (non-hydrogen) atoms. The molecule has 4 rings (SSSR count). The molecule has 2 aliphatic rings. The highest BCUT2D eigenvalue weighted by atomic mass is 16.5. The summed E-state index contributed by atoms with van der Waals surface area (Å²) in [7, 11) is 0. The monoisotopic (exact) mass is 375 g/mol. The lowest BCUT2D eigenvalue weighted by Gasteiger charge is -2.23. The van der Waals surface area contributed by atoms with Gasteiger partial charge in [0.25, 0.3) is 0 Å². The molecule has 0 saturated carbocycles. The van der Waals surface area contributed by atoms with Crippen molar-refractivity contribution in [2.24, 2.45) is 0 Å². The first-order valence-corrected chi connectivity index (χ1v) is 10.3. The van der Waals surface area contributed by atoms with Gasteiger partial charge in [-0.05, 0) is 61.7 Å². The van der Waals surface area contributed by atoms with E-state index >= 15 is 0 Å². The Balaban J connectivity index is 1.18. The van der Waals surface area contributed by atoms with Gasteiger partial charge in [0.2, 0.25) is 0 Å². The number of allylic oxidation sites excluding steroid dienone is 1. The molecule has 4 nitrogen and oxygen atoms in total. The first-order valence-electron chi connectivity index (χ1n) is 10.3. The van der Waals surface area contributed by atoms with E-state index in [1.54, 1.807) is 6.20 Å². The first kappa shape index (κ1) is 18.8. The third-order valence-electron chi connectivity index (χ3n) is 5.42. The van der Waals surface area contributed by atoms with Crippen LogP contribution in [0.5, 0.6) is 0 Å². The molecule has 0 amide bonds. The summed E-state index contributed by atoms with van der Waals surface area (Å²) >= 11 is 0. The molecule has 1 aromatic carbocycles. The summed E-state index contributed by atoms with van der Waals surface area (Å²) < 4.78 is 5.85. The van der Waals surface area contributed by atoms with Crippen molar-refractivity contribution >= 4 is 0 Å². The van der Waals surface area contributed by atoms with E-state index in [4.69, 9.17) is 4.74 Å². The predicted octanol–water partition coefficient (Wildman–Crippen LogP) is 4.15. The molecule has 1 aromatic heterocycles. The van der Waals surface area contributed by atoms with Crippen molar-refractivity contribution in [2.45, 2.75) is 32.4 Å². The molecule has 3 heterocycles. The minimum atomic E-state index is 0.563. The highest BCUT2D eigenvalue weighted by Gasteiger charge is 2.11. The number of likely N-dealkylation sites (tertiary alicyclic amines) is 1. The summed E-state index contributed by atoms with van der Waals surface area (Å²) in [5.41, 5.74) is 3.93. The van der Waals surface area contributed by atoms with Gasteiger partial charge in [-0.15, -0.1) is 0 Å². The number of pyridine rings is 1. The van der Waals surface area contributed by atoms with Gasteiger partial charge in [0.15, 0.2) is 0 Å². The van der Waals surface area contributed by atoms with Gasteiger partial charge < -0.3 is 9.64 Å². The maximum Gasteiger partial charge on any atom is 0.119 e. The van der Waals surface area contributed by atoms with E-state index in [0.717, 1.165) is 37.4 Å². The molecule has 2 aliphatic heterocycles. The molecule has 0 radical (unpaired) electrons. The lowest BCUT2D eigenvalue weighted by Crippen LogP contribution is -2.23. The Morgan fingerprint density at radius 2 is 1.79 bits per heavy atom. The summed E-state index contributed by atoms with van der Waals surface area (Å²) in [6.45, 7) is 6.09. The van der Waals surface area contributed by atoms with E-state index in [0.29, 0.717) is 6.61 Å². The molecular weight excluding hydrogens is 346 g/mol. The van der Waals surface area contributed by atoms with E-state index in [2.05, 4.69) is 57.4 Å². The van der Waals surface area contributed by atoms with Crippen LogP contribution < -0.4 is 0 Å². The van der Waals surface area contributed by atoms with Crippen LogP contribution in [-0.2, 0) is 24.3 Å². The second-order valence-corrected chi connectivity index (χ2v) is 7.62. The molecule has 0 atom stereocenters. The molecule has 0 unspecified atom stereocenters. The number of hydrogen-bond donors (Lipinski definition) is 0. The van der Waals surface area contributed by atoms with Crippen LogP contribution in [0.25, 0.3) is 0 Å². The van der Waals surface area contributed by atoms with Crippen molar-refractivity contribution < 1.29 is 4.74 Å². The Morgan fingerprint density at radius 1 is 0.964 bits per heavy atom. The standard InChI is InChI=1S/C24H29N3O/c1-2-14-27(13-1)19-22-7-5-21(6-8-22)9-15-26-16-10-24(11-17-26)28-20-23-4-3-12-25-18-23/h3-8,10-12,16,18H,1-2,9,13-15,17,19-20H2. The zero-order valence-electron chi connectivity index (χ0n) is 16.5. The molecule has 2 aromatic rings. The smallest absolute Gasteiger partial charge is 0.119 e. The van der Waals surface area contributed by atoms with Gasteiger partial charge in [-0.3, -0.25) is 9.88 Å². The fourth-order valence-electron chi connectivity index (χ4n) is 3.72. The second kappa shape index (κ2) is 9.56. The Morgan fingerprint density at radius 3 is 2.50 bits per heavy atom. The Hall–Kier alpha value is -2.59. The number of nitrogens with zero attached hydrogens (tertiary/aromatic N) is 3. The predicted molar refractivity (Wildman–Crippen MR) is 112 cm³/mol. The fraction of sp³-hybridized carbons (Fsp3) is 0.375. The highest BCUT2D eigenvalue weighted by molar-refractivity contribution is 5.23. The van der Waals surface area contributed by atoms with Gasteiger partial charge in [0.05, 0.1) is 0 Å². The van der Waals surface area contributed by atoms with Gasteiger partial charge in [-0.1, -0.05) is 30.3 Å². The fourth-order valence-corrected chi connectivity index (χ4v) is 3.72. The lowest BCUT2D eigenvalue weighted by atomic mass is 10.1. The van der Waals surface area contributed by atoms with Crippen LogP contribution in [0.1, 0.15) is 29.5 Å². The van der Waals surface area contributed by atoms with E-state index in [9.17, 15) is 0 Å². The van der Waals surface area contributed by atoms with Crippen LogP contribution in [0.4, 0.5) is 0 Å². The minimum Gasteiger partial charge on any atom is -0.489 e. The molecule has 0 bridgehead atoms. The van der Waals surface area contributed by atoms with Crippen molar-refractivity contribution in [3.05, 3.63) is 89.6 Å². The number of aromatic nitrogens is 1. The lowest BCUT2D eigenvalue weighted by molar-refractivity contribution is 0.204. The zero-order valence-corrected chi connectivity index (χ0v) is 16.5. The van der Waals surface area contributed by atoms with E-state index in [-0.39, 0.29) is 0 Å². The van der Waals surface area contributed by atoms with Crippen molar-refractivity contribution in [3.63, 3.8) is 0 Å². The SMILES string of the molecule is C1=CN(CCc2ccc(CN3CCCC3)cc2)CC=C1OCc1cccnc1. The molecular formula is C24H29N3O. The van der Waals surface area contributed by atoms with Crippen LogP contribution in [0.2, 0.25) is 0 Å². The van der Waals surface area contributed by atoms with Crippen molar-refractivity contribution in [1.29, 1.82) is 0 Å².